The molecular weight excluding hydrogens is 320 g/mol. The molecule has 0 amide bonds. The molecule has 2 heterocycles. The van der Waals surface area contributed by atoms with Crippen LogP contribution in [0, 0.1) is 0 Å². The van der Waals surface area contributed by atoms with Gasteiger partial charge in [-0.1, -0.05) is 78.9 Å². The van der Waals surface area contributed by atoms with Crippen molar-refractivity contribution in [2.75, 3.05) is 0 Å². The molecule has 0 aromatic heterocycles. The van der Waals surface area contributed by atoms with Crippen LogP contribution in [0.1, 0.15) is 36.1 Å². The van der Waals surface area contributed by atoms with Gasteiger partial charge in [-0.15, -0.1) is 0 Å². The Labute approximate surface area is 153 Å². The van der Waals surface area contributed by atoms with Crippen molar-refractivity contribution in [2.45, 2.75) is 25.1 Å². The Hall–Kier alpha value is -3.07. The minimum Gasteiger partial charge on any atom is -0.462 e. The third kappa shape index (κ3) is 2.24. The van der Waals surface area contributed by atoms with Gasteiger partial charge in [-0.2, -0.15) is 5.10 Å². The van der Waals surface area contributed by atoms with Crippen LogP contribution < -0.4 is 4.74 Å². The highest BCUT2D eigenvalue weighted by molar-refractivity contribution is 6.01. The number of rotatable bonds is 2. The van der Waals surface area contributed by atoms with E-state index in [-0.39, 0.29) is 6.04 Å². The van der Waals surface area contributed by atoms with Crippen molar-refractivity contribution >= 4 is 5.71 Å². The fourth-order valence-corrected chi connectivity index (χ4v) is 4.00. The van der Waals surface area contributed by atoms with Crippen molar-refractivity contribution in [3.63, 3.8) is 0 Å². The molecule has 3 nitrogen and oxygen atoms in total. The Morgan fingerprint density at radius 3 is 2.31 bits per heavy atom. The van der Waals surface area contributed by atoms with Gasteiger partial charge in [-0.25, -0.2) is 5.01 Å². The van der Waals surface area contributed by atoms with E-state index in [1.54, 1.807) is 0 Å². The summed E-state index contributed by atoms with van der Waals surface area (Å²) >= 11 is 0. The van der Waals surface area contributed by atoms with Crippen molar-refractivity contribution < 1.29 is 4.74 Å². The van der Waals surface area contributed by atoms with E-state index in [2.05, 4.69) is 78.7 Å². The lowest BCUT2D eigenvalue weighted by Crippen LogP contribution is -2.48. The van der Waals surface area contributed by atoms with Gasteiger partial charge in [0.15, 0.2) is 0 Å². The molecule has 128 valence electrons. The Morgan fingerprint density at radius 2 is 1.54 bits per heavy atom. The first kappa shape index (κ1) is 15.2. The molecule has 0 saturated carbocycles. The summed E-state index contributed by atoms with van der Waals surface area (Å²) in [6.07, 6.45) is 0.882. The van der Waals surface area contributed by atoms with Gasteiger partial charge in [-0.3, -0.25) is 0 Å². The second-order valence-corrected chi connectivity index (χ2v) is 6.97. The Morgan fingerprint density at radius 1 is 0.885 bits per heavy atom. The average Bonchev–Trinajstić information content (AvgIpc) is 3.16. The van der Waals surface area contributed by atoms with Crippen molar-refractivity contribution in [1.29, 1.82) is 0 Å². The second kappa shape index (κ2) is 5.73. The summed E-state index contributed by atoms with van der Waals surface area (Å²) in [5.41, 5.74) is 3.97. The molecule has 3 heteroatoms. The maximum Gasteiger partial charge on any atom is 0.221 e. The molecule has 0 aliphatic carbocycles. The van der Waals surface area contributed by atoms with Gasteiger partial charge in [-0.05, 0) is 11.6 Å². The number of hydrazone groups is 1. The van der Waals surface area contributed by atoms with Crippen LogP contribution in [0.5, 0.6) is 5.75 Å². The Bertz CT molecular complexity index is 968. The summed E-state index contributed by atoms with van der Waals surface area (Å²) in [5.74, 6) is 0.949. The molecule has 0 spiro atoms. The molecule has 3 aromatic carbocycles. The summed E-state index contributed by atoms with van der Waals surface area (Å²) in [4.78, 5) is 0. The smallest absolute Gasteiger partial charge is 0.221 e. The molecule has 2 atom stereocenters. The zero-order valence-electron chi connectivity index (χ0n) is 14.7. The van der Waals surface area contributed by atoms with Crippen LogP contribution in [-0.2, 0) is 5.72 Å². The minimum atomic E-state index is -0.628. The number of nitrogens with zero attached hydrogens (tertiary/aromatic N) is 2. The Kier molecular flexibility index (Phi) is 3.35. The summed E-state index contributed by atoms with van der Waals surface area (Å²) < 4.78 is 6.52. The number of ether oxygens (including phenoxy) is 1. The van der Waals surface area contributed by atoms with Crippen LogP contribution >= 0.6 is 0 Å². The van der Waals surface area contributed by atoms with E-state index < -0.39 is 5.72 Å². The van der Waals surface area contributed by atoms with Crippen LogP contribution in [0.2, 0.25) is 0 Å². The van der Waals surface area contributed by atoms with Crippen LogP contribution in [0.4, 0.5) is 0 Å². The van der Waals surface area contributed by atoms with Crippen LogP contribution in [0.3, 0.4) is 0 Å². The average molecular weight is 340 g/mol. The highest BCUT2D eigenvalue weighted by atomic mass is 16.5. The van der Waals surface area contributed by atoms with Crippen LogP contribution in [-0.4, -0.2) is 10.7 Å². The van der Waals surface area contributed by atoms with E-state index in [0.717, 1.165) is 23.4 Å². The van der Waals surface area contributed by atoms with Gasteiger partial charge in [0.1, 0.15) is 5.75 Å². The molecule has 0 unspecified atom stereocenters. The molecule has 3 aromatic rings. The third-order valence-corrected chi connectivity index (χ3v) is 5.35. The van der Waals surface area contributed by atoms with Gasteiger partial charge >= 0.3 is 0 Å². The van der Waals surface area contributed by atoms with E-state index in [9.17, 15) is 0 Å². The number of para-hydroxylation sites is 1. The van der Waals surface area contributed by atoms with E-state index >= 15 is 0 Å². The standard InChI is InChI=1S/C23H20N2O/c1-23(18-12-6-3-7-13-18)25-21(19-14-8-9-15-22(19)26-23)16-20(24-25)17-10-4-2-5-11-17/h2-15,21H,16H2,1H3/t21-,23-/m0/s1. The SMILES string of the molecule is C[C@@]1(c2ccccc2)Oc2ccccc2[C@@H]2CC(c3ccccc3)=NN21. The van der Waals surface area contributed by atoms with Crippen LogP contribution in [0.15, 0.2) is 90.0 Å². The quantitative estimate of drug-likeness (QED) is 0.648. The summed E-state index contributed by atoms with van der Waals surface area (Å²) in [6.45, 7) is 2.11. The monoisotopic (exact) mass is 340 g/mol. The molecule has 0 saturated heterocycles. The number of hydrogen-bond donors (Lipinski definition) is 0. The van der Waals surface area contributed by atoms with Crippen LogP contribution in [0.25, 0.3) is 0 Å². The van der Waals surface area contributed by atoms with E-state index in [1.165, 1.54) is 11.1 Å². The zero-order valence-corrected chi connectivity index (χ0v) is 14.7. The number of fused-ring (bicyclic) bond motifs is 3. The third-order valence-electron chi connectivity index (χ3n) is 5.35. The molecule has 0 radical (unpaired) electrons. The van der Waals surface area contributed by atoms with E-state index in [0.29, 0.717) is 0 Å². The lowest BCUT2D eigenvalue weighted by Gasteiger charge is -2.46. The van der Waals surface area contributed by atoms with Crippen molar-refractivity contribution in [1.82, 2.24) is 5.01 Å². The highest BCUT2D eigenvalue weighted by Gasteiger charge is 2.48. The molecule has 5 rings (SSSR count). The van der Waals surface area contributed by atoms with Crippen molar-refractivity contribution in [2.24, 2.45) is 5.10 Å². The zero-order chi connectivity index (χ0) is 17.6. The number of hydrogen-bond acceptors (Lipinski definition) is 3. The predicted octanol–water partition coefficient (Wildman–Crippen LogP) is 5.10. The lowest BCUT2D eigenvalue weighted by molar-refractivity contribution is -0.112. The molecule has 2 aliphatic heterocycles. The van der Waals surface area contributed by atoms with E-state index in [4.69, 9.17) is 9.84 Å². The summed E-state index contributed by atoms with van der Waals surface area (Å²) in [5, 5.41) is 7.18. The summed E-state index contributed by atoms with van der Waals surface area (Å²) in [7, 11) is 0. The fraction of sp³-hybridized carbons (Fsp3) is 0.174. The van der Waals surface area contributed by atoms with Gasteiger partial charge in [0.25, 0.3) is 0 Å². The highest BCUT2D eigenvalue weighted by Crippen LogP contribution is 2.50. The molecule has 2 aliphatic rings. The number of benzene rings is 3. The van der Waals surface area contributed by atoms with Gasteiger partial charge in [0.2, 0.25) is 5.72 Å². The normalized spacial score (nSPS) is 23.7. The minimum absolute atomic E-state index is 0.181. The largest absolute Gasteiger partial charge is 0.462 e. The molecule has 0 fully saturated rings. The first-order chi connectivity index (χ1) is 12.8. The fourth-order valence-electron chi connectivity index (χ4n) is 4.00. The molecule has 26 heavy (non-hydrogen) atoms. The summed E-state index contributed by atoms with van der Waals surface area (Å²) in [6, 6.07) is 29.3. The van der Waals surface area contributed by atoms with Crippen molar-refractivity contribution in [3.8, 4) is 5.75 Å². The topological polar surface area (TPSA) is 24.8 Å². The van der Waals surface area contributed by atoms with Gasteiger partial charge < -0.3 is 4.74 Å². The van der Waals surface area contributed by atoms with Gasteiger partial charge in [0.05, 0.1) is 11.8 Å². The first-order valence-corrected chi connectivity index (χ1v) is 9.01. The van der Waals surface area contributed by atoms with Crippen molar-refractivity contribution in [3.05, 3.63) is 102 Å². The van der Waals surface area contributed by atoms with Gasteiger partial charge in [0, 0.05) is 24.5 Å². The lowest BCUT2D eigenvalue weighted by atomic mass is 9.92. The van der Waals surface area contributed by atoms with E-state index in [1.807, 2.05) is 18.2 Å². The predicted molar refractivity (Wildman–Crippen MR) is 103 cm³/mol. The second-order valence-electron chi connectivity index (χ2n) is 6.97. The maximum absolute atomic E-state index is 6.52. The first-order valence-electron chi connectivity index (χ1n) is 9.01. The molecule has 0 bridgehead atoms. The molecule has 0 N–H and O–H groups in total. The Balaban J connectivity index is 1.66. The maximum atomic E-state index is 6.52. The molecular formula is C23H20N2O.